The summed E-state index contributed by atoms with van der Waals surface area (Å²) in [6, 6.07) is 9.66. The fourth-order valence-corrected chi connectivity index (χ4v) is 3.57. The molecule has 0 bridgehead atoms. The fraction of sp³-hybridized carbons (Fsp3) is 0.222. The molecule has 1 aromatic heterocycles. The van der Waals surface area contributed by atoms with E-state index in [1.807, 2.05) is 0 Å². The van der Waals surface area contributed by atoms with Crippen molar-refractivity contribution in [1.29, 1.82) is 0 Å². The van der Waals surface area contributed by atoms with Crippen LogP contribution in [0.25, 0.3) is 11.0 Å². The molecule has 7 heteroatoms. The molecule has 1 saturated carbocycles. The number of rotatable bonds is 3. The third-order valence-electron chi connectivity index (χ3n) is 4.70. The number of benzene rings is 2. The van der Waals surface area contributed by atoms with Crippen molar-refractivity contribution in [3.05, 3.63) is 68.8 Å². The van der Waals surface area contributed by atoms with E-state index in [9.17, 15) is 14.0 Å². The molecule has 2 aromatic carbocycles. The Balaban J connectivity index is 1.95. The van der Waals surface area contributed by atoms with Gasteiger partial charge < -0.3 is 9.72 Å². The van der Waals surface area contributed by atoms with Crippen LogP contribution >= 0.6 is 11.6 Å². The summed E-state index contributed by atoms with van der Waals surface area (Å²) in [5.74, 6) is -1.39. The summed E-state index contributed by atoms with van der Waals surface area (Å²) in [5.41, 5.74) is 0.272. The highest BCUT2D eigenvalue weighted by Crippen LogP contribution is 2.51. The van der Waals surface area contributed by atoms with Crippen LogP contribution in [0, 0.1) is 5.82 Å². The van der Waals surface area contributed by atoms with E-state index in [-0.39, 0.29) is 11.3 Å². The van der Waals surface area contributed by atoms with Gasteiger partial charge in [0, 0.05) is 10.6 Å². The molecule has 3 aromatic rings. The molecule has 5 nitrogen and oxygen atoms in total. The van der Waals surface area contributed by atoms with E-state index in [1.54, 1.807) is 34.9 Å². The molecule has 0 amide bonds. The first-order valence-corrected chi connectivity index (χ1v) is 8.14. The molecule has 0 atom stereocenters. The first-order valence-electron chi connectivity index (χ1n) is 7.76. The number of aromatic amines is 1. The van der Waals surface area contributed by atoms with Gasteiger partial charge in [-0.3, -0.25) is 4.57 Å². The minimum absolute atomic E-state index is 0.137. The van der Waals surface area contributed by atoms with Crippen molar-refractivity contribution in [3.63, 3.8) is 0 Å². The van der Waals surface area contributed by atoms with Gasteiger partial charge in [-0.15, -0.1) is 0 Å². The van der Waals surface area contributed by atoms with Gasteiger partial charge >= 0.3 is 11.7 Å². The normalized spacial score (nSPS) is 15.3. The molecule has 4 rings (SSSR count). The van der Waals surface area contributed by atoms with Gasteiger partial charge in [0.2, 0.25) is 0 Å². The molecule has 0 radical (unpaired) electrons. The number of ether oxygens (including phenoxy) is 1. The Hall–Kier alpha value is -2.60. The maximum absolute atomic E-state index is 15.0. The average molecular weight is 361 g/mol. The predicted octanol–water partition coefficient (Wildman–Crippen LogP) is 3.45. The molecule has 1 heterocycles. The number of nitrogens with one attached hydrogen (secondary N) is 1. The summed E-state index contributed by atoms with van der Waals surface area (Å²) >= 11 is 5.98. The molecule has 1 aliphatic carbocycles. The van der Waals surface area contributed by atoms with Crippen molar-refractivity contribution < 1.29 is 13.9 Å². The Kier molecular flexibility index (Phi) is 3.47. The number of nitrogens with zero attached hydrogens (tertiary/aromatic N) is 1. The number of carbonyl (C=O) groups excluding carboxylic acids is 1. The maximum atomic E-state index is 15.0. The van der Waals surface area contributed by atoms with Crippen LogP contribution in [0.5, 0.6) is 0 Å². The topological polar surface area (TPSA) is 64.1 Å². The van der Waals surface area contributed by atoms with Crippen molar-refractivity contribution in [2.24, 2.45) is 0 Å². The van der Waals surface area contributed by atoms with Gasteiger partial charge in [0.25, 0.3) is 0 Å². The molecule has 0 unspecified atom stereocenters. The molecule has 0 saturated heterocycles. The van der Waals surface area contributed by atoms with Gasteiger partial charge in [-0.1, -0.05) is 23.7 Å². The zero-order valence-corrected chi connectivity index (χ0v) is 14.1. The summed E-state index contributed by atoms with van der Waals surface area (Å²) in [6.45, 7) is 0. The number of fused-ring (bicyclic) bond motifs is 1. The first-order chi connectivity index (χ1) is 12.0. The van der Waals surface area contributed by atoms with Crippen LogP contribution < -0.4 is 5.69 Å². The smallest absolute Gasteiger partial charge is 0.340 e. The van der Waals surface area contributed by atoms with Crippen molar-refractivity contribution in [3.8, 4) is 0 Å². The van der Waals surface area contributed by atoms with E-state index < -0.39 is 17.3 Å². The Morgan fingerprint density at radius 1 is 1.32 bits per heavy atom. The molecular formula is C18H14ClFN2O3. The first kappa shape index (κ1) is 15.9. The summed E-state index contributed by atoms with van der Waals surface area (Å²) in [4.78, 5) is 27.1. The number of hydrogen-bond acceptors (Lipinski definition) is 3. The standard InChI is InChI=1S/C18H14ClFN2O3/c1-25-16(23)11-3-2-4-12(15(11)20)18(7-8-18)22-14-6-5-10(19)9-13(14)21-17(22)24/h2-6,9H,7-8H2,1H3,(H,21,24). The Morgan fingerprint density at radius 3 is 2.76 bits per heavy atom. The van der Waals surface area contributed by atoms with Crippen molar-refractivity contribution in [1.82, 2.24) is 9.55 Å². The third kappa shape index (κ3) is 2.28. The number of esters is 1. The van der Waals surface area contributed by atoms with Crippen LogP contribution in [0.15, 0.2) is 41.2 Å². The summed E-state index contributed by atoms with van der Waals surface area (Å²) in [6.07, 6.45) is 1.20. The quantitative estimate of drug-likeness (QED) is 0.728. The lowest BCUT2D eigenvalue weighted by atomic mass is 10.00. The minimum Gasteiger partial charge on any atom is -0.465 e. The highest BCUT2D eigenvalue weighted by atomic mass is 35.5. The second-order valence-electron chi connectivity index (χ2n) is 6.12. The number of carbonyl (C=O) groups is 1. The van der Waals surface area contributed by atoms with Crippen LogP contribution in [0.3, 0.4) is 0 Å². The van der Waals surface area contributed by atoms with Crippen LogP contribution in [0.1, 0.15) is 28.8 Å². The van der Waals surface area contributed by atoms with Gasteiger partial charge in [0.15, 0.2) is 0 Å². The van der Waals surface area contributed by atoms with E-state index in [4.69, 9.17) is 11.6 Å². The van der Waals surface area contributed by atoms with E-state index in [2.05, 4.69) is 9.72 Å². The van der Waals surface area contributed by atoms with Gasteiger partial charge in [-0.05, 0) is 37.1 Å². The lowest BCUT2D eigenvalue weighted by Gasteiger charge is -2.19. The van der Waals surface area contributed by atoms with Crippen molar-refractivity contribution in [2.45, 2.75) is 18.4 Å². The second-order valence-corrected chi connectivity index (χ2v) is 6.55. The van der Waals surface area contributed by atoms with Crippen LogP contribution in [-0.2, 0) is 10.3 Å². The van der Waals surface area contributed by atoms with Gasteiger partial charge in [0.05, 0.1) is 29.2 Å². The number of H-pyrrole nitrogens is 1. The second kappa shape index (κ2) is 5.46. The lowest BCUT2D eigenvalue weighted by Crippen LogP contribution is -2.30. The van der Waals surface area contributed by atoms with Crippen LogP contribution in [0.2, 0.25) is 5.02 Å². The summed E-state index contributed by atoms with van der Waals surface area (Å²) in [7, 11) is 1.20. The Morgan fingerprint density at radius 2 is 2.08 bits per heavy atom. The number of imidazole rings is 1. The number of aromatic nitrogens is 2. The highest BCUT2D eigenvalue weighted by Gasteiger charge is 2.50. The van der Waals surface area contributed by atoms with Gasteiger partial charge in [0.1, 0.15) is 5.82 Å². The van der Waals surface area contributed by atoms with Crippen molar-refractivity contribution in [2.75, 3.05) is 7.11 Å². The molecule has 25 heavy (non-hydrogen) atoms. The molecule has 0 aliphatic heterocycles. The number of hydrogen-bond donors (Lipinski definition) is 1. The average Bonchev–Trinajstić information content (AvgIpc) is 3.31. The third-order valence-corrected chi connectivity index (χ3v) is 4.94. The summed E-state index contributed by atoms with van der Waals surface area (Å²) in [5, 5.41) is 0.504. The molecule has 1 N–H and O–H groups in total. The van der Waals surface area contributed by atoms with Gasteiger partial charge in [-0.25, -0.2) is 14.0 Å². The molecule has 1 aliphatic rings. The SMILES string of the molecule is COC(=O)c1cccc(C2(n3c(=O)[nH]c4cc(Cl)ccc43)CC2)c1F. The van der Waals surface area contributed by atoms with Crippen molar-refractivity contribution >= 4 is 28.6 Å². The Labute approximate surface area is 147 Å². The predicted molar refractivity (Wildman–Crippen MR) is 91.6 cm³/mol. The largest absolute Gasteiger partial charge is 0.465 e. The minimum atomic E-state index is -0.808. The van der Waals surface area contributed by atoms with E-state index >= 15 is 0 Å². The summed E-state index contributed by atoms with van der Waals surface area (Å²) < 4.78 is 21.2. The van der Waals surface area contributed by atoms with Crippen LogP contribution in [0.4, 0.5) is 4.39 Å². The molecular weight excluding hydrogens is 347 g/mol. The monoisotopic (exact) mass is 360 g/mol. The maximum Gasteiger partial charge on any atom is 0.340 e. The van der Waals surface area contributed by atoms with E-state index in [0.29, 0.717) is 34.5 Å². The molecule has 0 spiro atoms. The zero-order valence-electron chi connectivity index (χ0n) is 13.3. The van der Waals surface area contributed by atoms with Gasteiger partial charge in [-0.2, -0.15) is 0 Å². The zero-order chi connectivity index (χ0) is 17.8. The number of methoxy groups -OCH3 is 1. The Bertz CT molecular complexity index is 1070. The van der Waals surface area contributed by atoms with Crippen LogP contribution in [-0.4, -0.2) is 22.6 Å². The molecule has 1 fully saturated rings. The molecule has 128 valence electrons. The fourth-order valence-electron chi connectivity index (χ4n) is 3.40. The number of halogens is 2. The van der Waals surface area contributed by atoms with E-state index in [0.717, 1.165) is 0 Å². The lowest BCUT2D eigenvalue weighted by molar-refractivity contribution is 0.0595. The van der Waals surface area contributed by atoms with E-state index in [1.165, 1.54) is 13.2 Å². The highest BCUT2D eigenvalue weighted by molar-refractivity contribution is 6.31.